The fraction of sp³-hybridized carbons (Fsp3) is 0.261. The Balaban J connectivity index is 1.45. The molecule has 3 aromatic rings. The molecule has 0 N–H and O–H groups in total. The molecule has 0 fully saturated rings. The van der Waals surface area contributed by atoms with Crippen molar-refractivity contribution < 1.29 is 9.21 Å². The number of aromatic nitrogens is 2. The Labute approximate surface area is 174 Å². The summed E-state index contributed by atoms with van der Waals surface area (Å²) in [5, 5.41) is 8.54. The molecule has 4 rings (SSSR count). The maximum atomic E-state index is 12.7. The van der Waals surface area contributed by atoms with Crippen molar-refractivity contribution in [3.63, 3.8) is 0 Å². The number of aryl methyl sites for hydroxylation is 1. The summed E-state index contributed by atoms with van der Waals surface area (Å²) in [5.74, 6) is 0.734. The predicted octanol–water partition coefficient (Wildman–Crippen LogP) is 5.02. The van der Waals surface area contributed by atoms with E-state index < -0.39 is 0 Å². The molecule has 2 heterocycles. The largest absolute Gasteiger partial charge is 0.411 e. The van der Waals surface area contributed by atoms with Crippen molar-refractivity contribution >= 4 is 23.2 Å². The highest BCUT2D eigenvalue weighted by Crippen LogP contribution is 2.46. The Bertz CT molecular complexity index is 1080. The number of fused-ring (bicyclic) bond motifs is 1. The minimum Gasteiger partial charge on any atom is -0.411 e. The molecule has 1 aliphatic rings. The summed E-state index contributed by atoms with van der Waals surface area (Å²) in [6, 6.07) is 16.2. The van der Waals surface area contributed by atoms with E-state index in [4.69, 9.17) is 4.42 Å². The van der Waals surface area contributed by atoms with Crippen LogP contribution in [0.4, 0.5) is 5.69 Å². The lowest BCUT2D eigenvalue weighted by molar-refractivity contribution is -0.112. The lowest BCUT2D eigenvalue weighted by Gasteiger charge is -2.23. The minimum atomic E-state index is -0.214. The SMILES string of the molecule is Cc1ccc(-c2nnc(SCC(=O)C=C3N(C)c4ccccc4C3(C)C)o2)cc1. The molecule has 0 aliphatic carbocycles. The average molecular weight is 406 g/mol. The molecule has 0 atom stereocenters. The van der Waals surface area contributed by atoms with Crippen LogP contribution in [-0.2, 0) is 10.2 Å². The van der Waals surface area contributed by atoms with Crippen LogP contribution in [0.25, 0.3) is 11.5 Å². The van der Waals surface area contributed by atoms with Gasteiger partial charge in [-0.1, -0.05) is 61.5 Å². The number of para-hydroxylation sites is 1. The zero-order chi connectivity index (χ0) is 20.6. The Hall–Kier alpha value is -2.86. The molecule has 0 bridgehead atoms. The highest BCUT2D eigenvalue weighted by molar-refractivity contribution is 7.99. The molecule has 2 aromatic carbocycles. The van der Waals surface area contributed by atoms with Gasteiger partial charge in [-0.2, -0.15) is 0 Å². The van der Waals surface area contributed by atoms with Crippen molar-refractivity contribution in [1.29, 1.82) is 0 Å². The summed E-state index contributed by atoms with van der Waals surface area (Å²) in [7, 11) is 2.01. The number of allylic oxidation sites excluding steroid dienone is 2. The summed E-state index contributed by atoms with van der Waals surface area (Å²) in [6.45, 7) is 6.32. The van der Waals surface area contributed by atoms with Gasteiger partial charge in [-0.25, -0.2) is 0 Å². The number of carbonyl (C=O) groups is 1. The Morgan fingerprint density at radius 1 is 1.14 bits per heavy atom. The first kappa shape index (κ1) is 19.5. The van der Waals surface area contributed by atoms with Gasteiger partial charge >= 0.3 is 0 Å². The number of thioether (sulfide) groups is 1. The van der Waals surface area contributed by atoms with Crippen molar-refractivity contribution in [1.82, 2.24) is 10.2 Å². The number of ketones is 1. The number of likely N-dealkylation sites (N-methyl/N-ethyl adjacent to an activating group) is 1. The van der Waals surface area contributed by atoms with Crippen molar-refractivity contribution in [3.8, 4) is 11.5 Å². The number of carbonyl (C=O) groups excluding carboxylic acids is 1. The van der Waals surface area contributed by atoms with Crippen LogP contribution in [-0.4, -0.2) is 28.8 Å². The zero-order valence-electron chi connectivity index (χ0n) is 17.0. The first-order valence-electron chi connectivity index (χ1n) is 9.48. The summed E-state index contributed by atoms with van der Waals surface area (Å²) in [4.78, 5) is 14.8. The van der Waals surface area contributed by atoms with E-state index in [0.717, 1.165) is 16.9 Å². The molecule has 0 spiro atoms. The molecule has 6 heteroatoms. The minimum absolute atomic E-state index is 0.0211. The fourth-order valence-corrected chi connectivity index (χ4v) is 4.25. The van der Waals surface area contributed by atoms with E-state index in [0.29, 0.717) is 11.1 Å². The van der Waals surface area contributed by atoms with E-state index in [1.165, 1.54) is 22.9 Å². The molecular formula is C23H23N3O2S. The lowest BCUT2D eigenvalue weighted by atomic mass is 9.83. The van der Waals surface area contributed by atoms with Gasteiger partial charge in [0.15, 0.2) is 5.78 Å². The van der Waals surface area contributed by atoms with E-state index in [1.54, 1.807) is 6.08 Å². The Morgan fingerprint density at radius 2 is 1.86 bits per heavy atom. The number of hydrogen-bond acceptors (Lipinski definition) is 6. The van der Waals surface area contributed by atoms with Crippen LogP contribution < -0.4 is 4.90 Å². The summed E-state index contributed by atoms with van der Waals surface area (Å²) < 4.78 is 5.70. The van der Waals surface area contributed by atoms with E-state index in [1.807, 2.05) is 50.4 Å². The number of nitrogens with zero attached hydrogens (tertiary/aromatic N) is 3. The van der Waals surface area contributed by atoms with Crippen LogP contribution in [0.5, 0.6) is 0 Å². The van der Waals surface area contributed by atoms with E-state index in [-0.39, 0.29) is 17.0 Å². The molecule has 0 radical (unpaired) electrons. The van der Waals surface area contributed by atoms with Gasteiger partial charge in [0.05, 0.1) is 5.75 Å². The molecule has 29 heavy (non-hydrogen) atoms. The molecule has 0 amide bonds. The van der Waals surface area contributed by atoms with Gasteiger partial charge in [0.2, 0.25) is 5.89 Å². The predicted molar refractivity (Wildman–Crippen MR) is 116 cm³/mol. The van der Waals surface area contributed by atoms with E-state index in [2.05, 4.69) is 41.1 Å². The second-order valence-corrected chi connectivity index (χ2v) is 8.65. The number of rotatable bonds is 5. The van der Waals surface area contributed by atoms with Gasteiger partial charge in [-0.15, -0.1) is 10.2 Å². The maximum absolute atomic E-state index is 12.7. The first-order chi connectivity index (χ1) is 13.9. The quantitative estimate of drug-likeness (QED) is 0.439. The van der Waals surface area contributed by atoms with Crippen molar-refractivity contribution in [2.75, 3.05) is 17.7 Å². The monoisotopic (exact) mass is 405 g/mol. The molecule has 1 aliphatic heterocycles. The zero-order valence-corrected chi connectivity index (χ0v) is 17.8. The third kappa shape index (κ3) is 3.72. The third-order valence-electron chi connectivity index (χ3n) is 5.28. The molecular weight excluding hydrogens is 382 g/mol. The highest BCUT2D eigenvalue weighted by atomic mass is 32.2. The van der Waals surface area contributed by atoms with Crippen LogP contribution in [0, 0.1) is 6.92 Å². The lowest BCUT2D eigenvalue weighted by Crippen LogP contribution is -2.24. The average Bonchev–Trinajstić information content (AvgIpc) is 3.25. The van der Waals surface area contributed by atoms with Crippen molar-refractivity contribution in [3.05, 3.63) is 71.4 Å². The topological polar surface area (TPSA) is 59.2 Å². The Kier molecular flexibility index (Phi) is 5.04. The second-order valence-electron chi connectivity index (χ2n) is 7.72. The maximum Gasteiger partial charge on any atom is 0.277 e. The highest BCUT2D eigenvalue weighted by Gasteiger charge is 2.38. The van der Waals surface area contributed by atoms with Crippen molar-refractivity contribution in [2.45, 2.75) is 31.4 Å². The van der Waals surface area contributed by atoms with Gasteiger partial charge in [0.1, 0.15) is 0 Å². The van der Waals surface area contributed by atoms with Crippen LogP contribution in [0.1, 0.15) is 25.0 Å². The third-order valence-corrected chi connectivity index (χ3v) is 6.12. The molecule has 148 valence electrons. The number of benzene rings is 2. The molecule has 0 unspecified atom stereocenters. The van der Waals surface area contributed by atoms with E-state index >= 15 is 0 Å². The summed E-state index contributed by atoms with van der Waals surface area (Å²) in [5.41, 5.74) is 5.20. The summed E-state index contributed by atoms with van der Waals surface area (Å²) in [6.07, 6.45) is 1.74. The number of anilines is 1. The molecule has 1 aromatic heterocycles. The van der Waals surface area contributed by atoms with Crippen LogP contribution >= 0.6 is 11.8 Å². The van der Waals surface area contributed by atoms with Gasteiger partial charge in [0, 0.05) is 35.5 Å². The van der Waals surface area contributed by atoms with Gasteiger partial charge in [-0.05, 0) is 30.7 Å². The van der Waals surface area contributed by atoms with E-state index in [9.17, 15) is 4.79 Å². The first-order valence-corrected chi connectivity index (χ1v) is 10.5. The molecule has 0 saturated carbocycles. The van der Waals surface area contributed by atoms with Crippen LogP contribution in [0.15, 0.2) is 69.9 Å². The van der Waals surface area contributed by atoms with Gasteiger partial charge in [0.25, 0.3) is 5.22 Å². The fourth-order valence-electron chi connectivity index (χ4n) is 3.67. The second kappa shape index (κ2) is 7.52. The molecule has 0 saturated heterocycles. The van der Waals surface area contributed by atoms with Gasteiger partial charge < -0.3 is 9.32 Å². The number of hydrogen-bond donors (Lipinski definition) is 0. The smallest absolute Gasteiger partial charge is 0.277 e. The normalized spacial score (nSPS) is 16.3. The van der Waals surface area contributed by atoms with Crippen LogP contribution in [0.2, 0.25) is 0 Å². The van der Waals surface area contributed by atoms with Gasteiger partial charge in [-0.3, -0.25) is 4.79 Å². The van der Waals surface area contributed by atoms with Crippen LogP contribution in [0.3, 0.4) is 0 Å². The summed E-state index contributed by atoms with van der Waals surface area (Å²) >= 11 is 1.26. The van der Waals surface area contributed by atoms with Crippen molar-refractivity contribution in [2.24, 2.45) is 0 Å². The standard InChI is InChI=1S/C23H23N3O2S/c1-15-9-11-16(12-10-15)21-24-25-22(28-21)29-14-17(27)13-20-23(2,3)18-7-5-6-8-19(18)26(20)4/h5-13H,14H2,1-4H3. The molecule has 5 nitrogen and oxygen atoms in total. The Morgan fingerprint density at radius 3 is 2.59 bits per heavy atom.